The lowest BCUT2D eigenvalue weighted by atomic mass is 10.4. The SMILES string of the molecule is CS(=O)(=O)n1ccc(CO)c1. The summed E-state index contributed by atoms with van der Waals surface area (Å²) < 4.78 is 22.8. The molecule has 1 heterocycles. The zero-order valence-electron chi connectivity index (χ0n) is 6.06. The van der Waals surface area contributed by atoms with Crippen molar-refractivity contribution in [2.24, 2.45) is 0 Å². The first-order chi connectivity index (χ1) is 5.04. The summed E-state index contributed by atoms with van der Waals surface area (Å²) in [5, 5.41) is 8.61. The van der Waals surface area contributed by atoms with Crippen LogP contribution in [0.25, 0.3) is 0 Å². The van der Waals surface area contributed by atoms with E-state index in [0.29, 0.717) is 5.56 Å². The van der Waals surface area contributed by atoms with Crippen LogP contribution < -0.4 is 0 Å². The maximum Gasteiger partial charge on any atom is 0.235 e. The Kier molecular flexibility index (Phi) is 2.01. The molecule has 5 heteroatoms. The minimum Gasteiger partial charge on any atom is -0.392 e. The van der Waals surface area contributed by atoms with Gasteiger partial charge in [0, 0.05) is 12.4 Å². The van der Waals surface area contributed by atoms with Gasteiger partial charge in [-0.3, -0.25) is 3.97 Å². The first-order valence-corrected chi connectivity index (χ1v) is 4.87. The predicted octanol–water partition coefficient (Wildman–Crippen LogP) is -0.212. The summed E-state index contributed by atoms with van der Waals surface area (Å²) >= 11 is 0. The van der Waals surface area contributed by atoms with Crippen molar-refractivity contribution in [1.82, 2.24) is 3.97 Å². The highest BCUT2D eigenvalue weighted by molar-refractivity contribution is 7.89. The number of aliphatic hydroxyl groups excluding tert-OH is 1. The van der Waals surface area contributed by atoms with E-state index in [1.165, 1.54) is 12.4 Å². The molecule has 0 aliphatic carbocycles. The Balaban J connectivity index is 3.09. The van der Waals surface area contributed by atoms with Crippen LogP contribution >= 0.6 is 0 Å². The number of aromatic nitrogens is 1. The van der Waals surface area contributed by atoms with Crippen molar-refractivity contribution in [3.8, 4) is 0 Å². The Bertz CT molecular complexity index is 338. The number of hydrogen-bond acceptors (Lipinski definition) is 3. The minimum absolute atomic E-state index is 0.136. The van der Waals surface area contributed by atoms with Gasteiger partial charge in [-0.2, -0.15) is 0 Å². The Labute approximate surface area is 65.1 Å². The van der Waals surface area contributed by atoms with Crippen molar-refractivity contribution < 1.29 is 13.5 Å². The molecule has 4 nitrogen and oxygen atoms in total. The molecular weight excluding hydrogens is 166 g/mol. The fraction of sp³-hybridized carbons (Fsp3) is 0.333. The molecule has 0 bridgehead atoms. The van der Waals surface area contributed by atoms with Crippen molar-refractivity contribution in [3.05, 3.63) is 24.0 Å². The van der Waals surface area contributed by atoms with E-state index in [1.807, 2.05) is 0 Å². The highest BCUT2D eigenvalue weighted by Crippen LogP contribution is 2.02. The van der Waals surface area contributed by atoms with E-state index in [1.54, 1.807) is 6.07 Å². The molecule has 0 aromatic carbocycles. The zero-order valence-corrected chi connectivity index (χ0v) is 6.87. The van der Waals surface area contributed by atoms with Crippen LogP contribution in [-0.2, 0) is 16.6 Å². The van der Waals surface area contributed by atoms with Crippen molar-refractivity contribution in [1.29, 1.82) is 0 Å². The predicted molar refractivity (Wildman–Crippen MR) is 40.6 cm³/mol. The second-order valence-corrected chi connectivity index (χ2v) is 4.16. The van der Waals surface area contributed by atoms with E-state index in [2.05, 4.69) is 0 Å². The van der Waals surface area contributed by atoms with Gasteiger partial charge in [-0.05, 0) is 11.6 Å². The molecule has 0 atom stereocenters. The van der Waals surface area contributed by atoms with Gasteiger partial charge in [-0.25, -0.2) is 8.42 Å². The number of rotatable bonds is 2. The van der Waals surface area contributed by atoms with Crippen molar-refractivity contribution in [2.75, 3.05) is 6.26 Å². The van der Waals surface area contributed by atoms with Crippen LogP contribution in [-0.4, -0.2) is 23.8 Å². The quantitative estimate of drug-likeness (QED) is 0.676. The minimum atomic E-state index is -3.19. The highest BCUT2D eigenvalue weighted by Gasteiger charge is 2.03. The third kappa shape index (κ3) is 1.81. The number of hydrogen-bond donors (Lipinski definition) is 1. The van der Waals surface area contributed by atoms with E-state index in [-0.39, 0.29) is 6.61 Å². The third-order valence-corrected chi connectivity index (χ3v) is 2.29. The molecule has 0 radical (unpaired) electrons. The molecule has 1 aromatic rings. The van der Waals surface area contributed by atoms with Crippen LogP contribution in [0, 0.1) is 0 Å². The lowest BCUT2D eigenvalue weighted by molar-refractivity contribution is 0.282. The van der Waals surface area contributed by atoms with Crippen molar-refractivity contribution in [3.63, 3.8) is 0 Å². The molecule has 0 aliphatic heterocycles. The molecule has 1 aromatic heterocycles. The van der Waals surface area contributed by atoms with E-state index in [4.69, 9.17) is 5.11 Å². The molecule has 0 unspecified atom stereocenters. The number of aliphatic hydroxyl groups is 1. The molecule has 0 fully saturated rings. The van der Waals surface area contributed by atoms with Crippen molar-refractivity contribution in [2.45, 2.75) is 6.61 Å². The van der Waals surface area contributed by atoms with Gasteiger partial charge in [0.1, 0.15) is 0 Å². The Hall–Kier alpha value is -0.810. The molecule has 0 amide bonds. The first-order valence-electron chi connectivity index (χ1n) is 3.02. The van der Waals surface area contributed by atoms with E-state index >= 15 is 0 Å². The van der Waals surface area contributed by atoms with Gasteiger partial charge >= 0.3 is 0 Å². The summed E-state index contributed by atoms with van der Waals surface area (Å²) in [5.41, 5.74) is 0.593. The fourth-order valence-electron chi connectivity index (χ4n) is 0.719. The molecule has 1 rings (SSSR count). The van der Waals surface area contributed by atoms with Crippen LogP contribution in [0.15, 0.2) is 18.5 Å². The monoisotopic (exact) mass is 175 g/mol. The zero-order chi connectivity index (χ0) is 8.48. The van der Waals surface area contributed by atoms with Crippen LogP contribution in [0.4, 0.5) is 0 Å². The van der Waals surface area contributed by atoms with Gasteiger partial charge in [-0.1, -0.05) is 0 Å². The molecule has 11 heavy (non-hydrogen) atoms. The summed E-state index contributed by atoms with van der Waals surface area (Å²) in [6, 6.07) is 1.56. The molecule has 0 spiro atoms. The van der Waals surface area contributed by atoms with Gasteiger partial charge in [0.05, 0.1) is 12.9 Å². The van der Waals surface area contributed by atoms with Gasteiger partial charge < -0.3 is 5.11 Å². The second-order valence-electron chi connectivity index (χ2n) is 2.27. The summed E-state index contributed by atoms with van der Waals surface area (Å²) in [4.78, 5) is 0. The van der Waals surface area contributed by atoms with Crippen LogP contribution in [0.3, 0.4) is 0 Å². The van der Waals surface area contributed by atoms with E-state index in [9.17, 15) is 8.42 Å². The average Bonchev–Trinajstić information content (AvgIpc) is 2.32. The Morgan fingerprint density at radius 3 is 2.55 bits per heavy atom. The number of nitrogens with zero attached hydrogens (tertiary/aromatic N) is 1. The maximum absolute atomic E-state index is 10.8. The molecule has 1 N–H and O–H groups in total. The summed E-state index contributed by atoms with van der Waals surface area (Å²) in [6.07, 6.45) is 3.89. The smallest absolute Gasteiger partial charge is 0.235 e. The molecule has 62 valence electrons. The van der Waals surface area contributed by atoms with Gasteiger partial charge in [0.25, 0.3) is 0 Å². The molecule has 0 saturated heterocycles. The topological polar surface area (TPSA) is 59.3 Å². The lowest BCUT2D eigenvalue weighted by Crippen LogP contribution is -2.06. The van der Waals surface area contributed by atoms with Crippen LogP contribution in [0.1, 0.15) is 5.56 Å². The molecule has 0 saturated carbocycles. The fourth-order valence-corrected chi connectivity index (χ4v) is 1.33. The van der Waals surface area contributed by atoms with Gasteiger partial charge in [-0.15, -0.1) is 0 Å². The highest BCUT2D eigenvalue weighted by atomic mass is 32.2. The summed E-state index contributed by atoms with van der Waals surface area (Å²) in [7, 11) is -3.19. The Morgan fingerprint density at radius 2 is 2.27 bits per heavy atom. The van der Waals surface area contributed by atoms with E-state index < -0.39 is 10.0 Å². The maximum atomic E-state index is 10.8. The molecular formula is C6H9NO3S. The van der Waals surface area contributed by atoms with Crippen molar-refractivity contribution >= 4 is 10.0 Å². The van der Waals surface area contributed by atoms with E-state index in [0.717, 1.165) is 10.2 Å². The standard InChI is InChI=1S/C6H9NO3S/c1-11(9,10)7-3-2-6(4-7)5-8/h2-4,8H,5H2,1H3. The summed E-state index contributed by atoms with van der Waals surface area (Å²) in [6.45, 7) is -0.136. The lowest BCUT2D eigenvalue weighted by Gasteiger charge is -1.95. The Morgan fingerprint density at radius 1 is 1.64 bits per heavy atom. The van der Waals surface area contributed by atoms with Gasteiger partial charge in [0.15, 0.2) is 0 Å². The largest absolute Gasteiger partial charge is 0.392 e. The third-order valence-electron chi connectivity index (χ3n) is 1.29. The summed E-state index contributed by atoms with van der Waals surface area (Å²) in [5.74, 6) is 0. The normalized spacial score (nSPS) is 11.8. The van der Waals surface area contributed by atoms with Crippen LogP contribution in [0.2, 0.25) is 0 Å². The molecule has 0 aliphatic rings. The second kappa shape index (κ2) is 2.67. The van der Waals surface area contributed by atoms with Gasteiger partial charge in [0.2, 0.25) is 10.0 Å². The average molecular weight is 175 g/mol. The first kappa shape index (κ1) is 8.29. The van der Waals surface area contributed by atoms with Crippen LogP contribution in [0.5, 0.6) is 0 Å².